The maximum absolute atomic E-state index is 11.6. The highest BCUT2D eigenvalue weighted by Crippen LogP contribution is 2.27. The third-order valence-electron chi connectivity index (χ3n) is 4.14. The van der Waals surface area contributed by atoms with E-state index in [0.717, 1.165) is 5.56 Å². The first-order chi connectivity index (χ1) is 12.5. The maximum atomic E-state index is 11.6. The molecule has 140 valence electrons. The Morgan fingerprint density at radius 3 is 2.69 bits per heavy atom. The molecule has 0 aliphatic carbocycles. The number of benzene rings is 1. The second kappa shape index (κ2) is 7.77. The van der Waals surface area contributed by atoms with Crippen LogP contribution in [0.2, 0.25) is 0 Å². The number of nitrogens with one attached hydrogen (secondary N) is 2. The molecule has 1 fully saturated rings. The van der Waals surface area contributed by atoms with Crippen molar-refractivity contribution in [1.82, 2.24) is 9.97 Å². The van der Waals surface area contributed by atoms with Gasteiger partial charge >= 0.3 is 0 Å². The smallest absolute Gasteiger partial charge is 0.224 e. The lowest BCUT2D eigenvalue weighted by Crippen LogP contribution is -2.21. The highest BCUT2D eigenvalue weighted by molar-refractivity contribution is 7.91. The molecule has 0 spiro atoms. The van der Waals surface area contributed by atoms with Gasteiger partial charge in [-0.25, -0.2) is 13.4 Å². The normalized spacial score (nSPS) is 18.3. The van der Waals surface area contributed by atoms with Crippen LogP contribution in [0.5, 0.6) is 11.5 Å². The van der Waals surface area contributed by atoms with Crippen molar-refractivity contribution < 1.29 is 17.9 Å². The van der Waals surface area contributed by atoms with E-state index >= 15 is 0 Å². The number of aromatic nitrogens is 2. The Kier molecular flexibility index (Phi) is 5.46. The summed E-state index contributed by atoms with van der Waals surface area (Å²) in [5.41, 5.74) is 0.992. The fourth-order valence-corrected chi connectivity index (χ4v) is 4.49. The number of rotatable bonds is 7. The summed E-state index contributed by atoms with van der Waals surface area (Å²) in [6.45, 7) is 0.515. The minimum atomic E-state index is -2.93. The average molecular weight is 378 g/mol. The zero-order valence-electron chi connectivity index (χ0n) is 14.7. The van der Waals surface area contributed by atoms with Crippen LogP contribution in [0.25, 0.3) is 0 Å². The van der Waals surface area contributed by atoms with Crippen LogP contribution >= 0.6 is 0 Å². The van der Waals surface area contributed by atoms with Crippen molar-refractivity contribution in [2.24, 2.45) is 0 Å². The first-order valence-corrected chi connectivity index (χ1v) is 10.1. The molecule has 8 nitrogen and oxygen atoms in total. The van der Waals surface area contributed by atoms with E-state index in [1.807, 2.05) is 18.2 Å². The predicted molar refractivity (Wildman–Crippen MR) is 99.6 cm³/mol. The molecule has 2 N–H and O–H groups in total. The molecule has 0 radical (unpaired) electrons. The van der Waals surface area contributed by atoms with Crippen LogP contribution in [0.15, 0.2) is 30.5 Å². The van der Waals surface area contributed by atoms with Gasteiger partial charge in [-0.2, -0.15) is 4.98 Å². The van der Waals surface area contributed by atoms with Crippen molar-refractivity contribution in [3.8, 4) is 11.5 Å². The van der Waals surface area contributed by atoms with Crippen LogP contribution in [0.3, 0.4) is 0 Å². The van der Waals surface area contributed by atoms with Crippen LogP contribution in [-0.2, 0) is 16.4 Å². The zero-order valence-corrected chi connectivity index (χ0v) is 15.5. The molecular formula is C17H22N4O4S. The fraction of sp³-hybridized carbons (Fsp3) is 0.412. The van der Waals surface area contributed by atoms with Gasteiger partial charge in [-0.05, 0) is 30.2 Å². The third kappa shape index (κ3) is 4.54. The molecule has 1 aromatic heterocycles. The Morgan fingerprint density at radius 2 is 2.00 bits per heavy atom. The highest BCUT2D eigenvalue weighted by atomic mass is 32.2. The van der Waals surface area contributed by atoms with Crippen LogP contribution in [0.4, 0.5) is 11.8 Å². The van der Waals surface area contributed by atoms with Crippen molar-refractivity contribution in [3.63, 3.8) is 0 Å². The molecule has 3 rings (SSSR count). The molecule has 2 aromatic rings. The zero-order chi connectivity index (χ0) is 18.6. The van der Waals surface area contributed by atoms with E-state index in [2.05, 4.69) is 20.6 Å². The number of nitrogens with zero attached hydrogens (tertiary/aromatic N) is 2. The van der Waals surface area contributed by atoms with Crippen molar-refractivity contribution in [2.75, 3.05) is 36.4 Å². The van der Waals surface area contributed by atoms with Crippen LogP contribution in [0, 0.1) is 0 Å². The van der Waals surface area contributed by atoms with Gasteiger partial charge in [0, 0.05) is 18.8 Å². The topological polar surface area (TPSA) is 102 Å². The minimum absolute atomic E-state index is 0.103. The third-order valence-corrected chi connectivity index (χ3v) is 5.91. The predicted octanol–water partition coefficient (Wildman–Crippen LogP) is 1.70. The van der Waals surface area contributed by atoms with Crippen molar-refractivity contribution in [3.05, 3.63) is 36.0 Å². The van der Waals surface area contributed by atoms with Gasteiger partial charge in [-0.1, -0.05) is 6.07 Å². The van der Waals surface area contributed by atoms with Crippen LogP contribution in [0.1, 0.15) is 12.0 Å². The molecule has 1 saturated heterocycles. The highest BCUT2D eigenvalue weighted by Gasteiger charge is 2.27. The Hall–Kier alpha value is -2.55. The molecule has 1 aliphatic rings. The van der Waals surface area contributed by atoms with Gasteiger partial charge in [0.2, 0.25) is 5.95 Å². The molecule has 2 heterocycles. The lowest BCUT2D eigenvalue weighted by molar-refractivity contribution is 0.354. The van der Waals surface area contributed by atoms with E-state index in [1.165, 1.54) is 0 Å². The summed E-state index contributed by atoms with van der Waals surface area (Å²) in [6.07, 6.45) is 2.23. The van der Waals surface area contributed by atoms with Gasteiger partial charge in [0.1, 0.15) is 5.82 Å². The van der Waals surface area contributed by atoms with E-state index in [9.17, 15) is 8.42 Å². The summed E-state index contributed by atoms with van der Waals surface area (Å²) in [7, 11) is 0.261. The lowest BCUT2D eigenvalue weighted by Gasteiger charge is -2.13. The fourth-order valence-electron chi connectivity index (χ4n) is 2.81. The molecule has 0 bridgehead atoms. The summed E-state index contributed by atoms with van der Waals surface area (Å²) >= 11 is 0. The number of hydrogen-bond acceptors (Lipinski definition) is 8. The molecule has 26 heavy (non-hydrogen) atoms. The van der Waals surface area contributed by atoms with Crippen molar-refractivity contribution in [1.29, 1.82) is 0 Å². The summed E-state index contributed by atoms with van der Waals surface area (Å²) in [6, 6.07) is 7.28. The molecule has 1 aromatic carbocycles. The summed E-state index contributed by atoms with van der Waals surface area (Å²) in [5, 5.41) is 6.32. The van der Waals surface area contributed by atoms with Gasteiger partial charge < -0.3 is 20.1 Å². The molecule has 0 amide bonds. The monoisotopic (exact) mass is 378 g/mol. The van der Waals surface area contributed by atoms with Crippen molar-refractivity contribution >= 4 is 21.6 Å². The number of methoxy groups -OCH3 is 2. The number of ether oxygens (including phenoxy) is 2. The number of anilines is 2. The lowest BCUT2D eigenvalue weighted by atomic mass is 10.2. The van der Waals surface area contributed by atoms with E-state index in [-0.39, 0.29) is 17.5 Å². The maximum Gasteiger partial charge on any atom is 0.224 e. The largest absolute Gasteiger partial charge is 0.493 e. The Morgan fingerprint density at radius 1 is 1.19 bits per heavy atom. The summed E-state index contributed by atoms with van der Waals surface area (Å²) < 4.78 is 33.6. The molecule has 1 aliphatic heterocycles. The van der Waals surface area contributed by atoms with E-state index in [1.54, 1.807) is 26.5 Å². The van der Waals surface area contributed by atoms with Gasteiger partial charge in [-0.3, -0.25) is 0 Å². The molecule has 1 atom stereocenters. The standard InChI is InChI=1S/C17H22N4O4S/c1-24-14-4-3-12(9-15(14)25-2)10-19-17-18-7-5-16(21-17)20-13-6-8-26(22,23)11-13/h3-5,7,9,13H,6,8,10-11H2,1-2H3,(H2,18,19,20,21). The molecule has 1 unspecified atom stereocenters. The van der Waals surface area contributed by atoms with E-state index in [4.69, 9.17) is 9.47 Å². The number of hydrogen-bond donors (Lipinski definition) is 2. The van der Waals surface area contributed by atoms with Gasteiger partial charge in [-0.15, -0.1) is 0 Å². The second-order valence-corrected chi connectivity index (χ2v) is 8.28. The Labute approximate surface area is 152 Å². The molecular weight excluding hydrogens is 356 g/mol. The van der Waals surface area contributed by atoms with Gasteiger partial charge in [0.05, 0.1) is 25.7 Å². The SMILES string of the molecule is COc1ccc(CNc2nccc(NC3CCS(=O)(=O)C3)n2)cc1OC. The van der Waals surface area contributed by atoms with Gasteiger partial charge in [0.25, 0.3) is 0 Å². The first-order valence-electron chi connectivity index (χ1n) is 8.24. The first kappa shape index (κ1) is 18.2. The summed E-state index contributed by atoms with van der Waals surface area (Å²) in [4.78, 5) is 8.59. The van der Waals surface area contributed by atoms with Crippen molar-refractivity contribution in [2.45, 2.75) is 19.0 Å². The average Bonchev–Trinajstić information content (AvgIpc) is 2.98. The summed E-state index contributed by atoms with van der Waals surface area (Å²) in [5.74, 6) is 2.77. The van der Waals surface area contributed by atoms with Crippen LogP contribution < -0.4 is 20.1 Å². The number of sulfone groups is 1. The Balaban J connectivity index is 1.62. The van der Waals surface area contributed by atoms with E-state index in [0.29, 0.717) is 36.2 Å². The quantitative estimate of drug-likeness (QED) is 0.751. The van der Waals surface area contributed by atoms with Gasteiger partial charge in [0.15, 0.2) is 21.3 Å². The van der Waals surface area contributed by atoms with Crippen LogP contribution in [-0.4, -0.2) is 50.2 Å². The second-order valence-electron chi connectivity index (χ2n) is 6.05. The molecule has 0 saturated carbocycles. The molecule has 9 heteroatoms. The van der Waals surface area contributed by atoms with E-state index < -0.39 is 9.84 Å². The minimum Gasteiger partial charge on any atom is -0.493 e. The Bertz CT molecular complexity index is 873.